The molecule has 0 amide bonds. The molecular formula is C9H5Cl2NO. The molecule has 0 aliphatic carbocycles. The minimum Gasteiger partial charge on any atom is -0.425 e. The summed E-state index contributed by atoms with van der Waals surface area (Å²) in [7, 11) is 0. The molecule has 0 fully saturated rings. The molecule has 0 spiro atoms. The molecule has 0 atom stereocenters. The molecule has 66 valence electrons. The molecule has 0 unspecified atom stereocenters. The molecule has 0 saturated carbocycles. The van der Waals surface area contributed by atoms with Gasteiger partial charge >= 0.3 is 0 Å². The average Bonchev–Trinajstić information content (AvgIpc) is 2.52. The third-order valence-electron chi connectivity index (χ3n) is 1.55. The second kappa shape index (κ2) is 3.40. The van der Waals surface area contributed by atoms with Crippen molar-refractivity contribution in [2.75, 3.05) is 0 Å². The number of nitrogens with zero attached hydrogens (tertiary/aromatic N) is 1. The standard InChI is InChI=1S/C9H5Cl2NO/c10-7-3-1-2-6(4-7)9-12-5-8(11)13-9/h1-5H. The fourth-order valence-corrected chi connectivity index (χ4v) is 1.32. The first kappa shape index (κ1) is 8.60. The van der Waals surface area contributed by atoms with E-state index in [1.807, 2.05) is 12.1 Å². The summed E-state index contributed by atoms with van der Waals surface area (Å²) in [6.45, 7) is 0. The van der Waals surface area contributed by atoms with Crippen LogP contribution in [0.25, 0.3) is 11.5 Å². The van der Waals surface area contributed by atoms with Crippen LogP contribution >= 0.6 is 23.2 Å². The number of hydrogen-bond donors (Lipinski definition) is 0. The van der Waals surface area contributed by atoms with Crippen molar-refractivity contribution in [3.8, 4) is 11.5 Å². The molecular weight excluding hydrogens is 209 g/mol. The Morgan fingerprint density at radius 3 is 2.69 bits per heavy atom. The summed E-state index contributed by atoms with van der Waals surface area (Å²) in [5.74, 6) is 0.479. The molecule has 0 bridgehead atoms. The molecule has 0 saturated heterocycles. The van der Waals surface area contributed by atoms with E-state index in [0.717, 1.165) is 5.56 Å². The van der Waals surface area contributed by atoms with Crippen LogP contribution in [0.5, 0.6) is 0 Å². The van der Waals surface area contributed by atoms with Gasteiger partial charge in [0.1, 0.15) is 0 Å². The van der Waals surface area contributed by atoms with Crippen LogP contribution in [0.4, 0.5) is 0 Å². The fourth-order valence-electron chi connectivity index (χ4n) is 1.01. The van der Waals surface area contributed by atoms with E-state index in [4.69, 9.17) is 27.6 Å². The molecule has 0 aliphatic heterocycles. The molecule has 0 N–H and O–H groups in total. The molecule has 2 nitrogen and oxygen atoms in total. The zero-order chi connectivity index (χ0) is 9.26. The van der Waals surface area contributed by atoms with Gasteiger partial charge in [0, 0.05) is 10.6 Å². The first-order valence-corrected chi connectivity index (χ1v) is 4.38. The molecule has 1 heterocycles. The lowest BCUT2D eigenvalue weighted by Crippen LogP contribution is -1.75. The third-order valence-corrected chi connectivity index (χ3v) is 1.96. The molecule has 1 aromatic carbocycles. The first-order valence-electron chi connectivity index (χ1n) is 3.63. The van der Waals surface area contributed by atoms with Gasteiger partial charge in [-0.2, -0.15) is 0 Å². The van der Waals surface area contributed by atoms with Crippen molar-refractivity contribution in [3.05, 3.63) is 40.7 Å². The summed E-state index contributed by atoms with van der Waals surface area (Å²) in [4.78, 5) is 3.97. The van der Waals surface area contributed by atoms with Gasteiger partial charge in [-0.1, -0.05) is 17.7 Å². The summed E-state index contributed by atoms with van der Waals surface area (Å²) in [5.41, 5.74) is 0.819. The van der Waals surface area contributed by atoms with Crippen LogP contribution in [0.1, 0.15) is 0 Å². The Balaban J connectivity index is 2.46. The highest BCUT2D eigenvalue weighted by Gasteiger charge is 2.04. The molecule has 2 rings (SSSR count). The quantitative estimate of drug-likeness (QED) is 0.723. The summed E-state index contributed by atoms with van der Waals surface area (Å²) < 4.78 is 5.12. The van der Waals surface area contributed by atoms with Crippen LogP contribution < -0.4 is 0 Å². The normalized spacial score (nSPS) is 10.3. The van der Waals surface area contributed by atoms with E-state index in [2.05, 4.69) is 4.98 Å². The SMILES string of the molecule is Clc1cccc(-c2ncc(Cl)o2)c1. The number of oxazole rings is 1. The number of rotatable bonds is 1. The highest BCUT2D eigenvalue weighted by Crippen LogP contribution is 2.23. The van der Waals surface area contributed by atoms with Crippen molar-refractivity contribution in [1.29, 1.82) is 0 Å². The number of benzene rings is 1. The fraction of sp³-hybridized carbons (Fsp3) is 0. The predicted octanol–water partition coefficient (Wildman–Crippen LogP) is 3.65. The first-order chi connectivity index (χ1) is 6.25. The van der Waals surface area contributed by atoms with Gasteiger partial charge in [-0.25, -0.2) is 4.98 Å². The third kappa shape index (κ3) is 1.85. The van der Waals surface area contributed by atoms with Gasteiger partial charge in [0.15, 0.2) is 0 Å². The Morgan fingerprint density at radius 2 is 2.08 bits per heavy atom. The largest absolute Gasteiger partial charge is 0.425 e. The lowest BCUT2D eigenvalue weighted by molar-refractivity contribution is 0.576. The monoisotopic (exact) mass is 213 g/mol. The Bertz CT molecular complexity index is 425. The van der Waals surface area contributed by atoms with E-state index in [-0.39, 0.29) is 5.22 Å². The topological polar surface area (TPSA) is 26.0 Å². The maximum absolute atomic E-state index is 5.80. The highest BCUT2D eigenvalue weighted by atomic mass is 35.5. The minimum absolute atomic E-state index is 0.273. The van der Waals surface area contributed by atoms with E-state index in [1.165, 1.54) is 6.20 Å². The van der Waals surface area contributed by atoms with Crippen LogP contribution in [0.3, 0.4) is 0 Å². The lowest BCUT2D eigenvalue weighted by Gasteiger charge is -1.94. The molecule has 0 aliphatic rings. The Kier molecular flexibility index (Phi) is 2.25. The van der Waals surface area contributed by atoms with Gasteiger partial charge in [-0.05, 0) is 29.8 Å². The van der Waals surface area contributed by atoms with Gasteiger partial charge < -0.3 is 4.42 Å². The second-order valence-corrected chi connectivity index (χ2v) is 3.29. The van der Waals surface area contributed by atoms with Crippen LogP contribution in [0.2, 0.25) is 10.2 Å². The number of hydrogen-bond acceptors (Lipinski definition) is 2. The second-order valence-electron chi connectivity index (χ2n) is 2.48. The van der Waals surface area contributed by atoms with Crippen LogP contribution in [-0.4, -0.2) is 4.98 Å². The highest BCUT2D eigenvalue weighted by molar-refractivity contribution is 6.30. The molecule has 2 aromatic rings. The zero-order valence-electron chi connectivity index (χ0n) is 6.50. The summed E-state index contributed by atoms with van der Waals surface area (Å²) in [6, 6.07) is 7.24. The van der Waals surface area contributed by atoms with Gasteiger partial charge in [0.05, 0.1) is 6.20 Å². The van der Waals surface area contributed by atoms with Crippen LogP contribution in [0.15, 0.2) is 34.9 Å². The molecule has 1 aromatic heterocycles. The van der Waals surface area contributed by atoms with E-state index < -0.39 is 0 Å². The maximum Gasteiger partial charge on any atom is 0.228 e. The predicted molar refractivity (Wildman–Crippen MR) is 52.0 cm³/mol. The van der Waals surface area contributed by atoms with E-state index >= 15 is 0 Å². The molecule has 0 radical (unpaired) electrons. The maximum atomic E-state index is 5.80. The van der Waals surface area contributed by atoms with Crippen molar-refractivity contribution in [3.63, 3.8) is 0 Å². The summed E-state index contributed by atoms with van der Waals surface area (Å²) >= 11 is 11.4. The van der Waals surface area contributed by atoms with Crippen molar-refractivity contribution in [1.82, 2.24) is 4.98 Å². The van der Waals surface area contributed by atoms with E-state index in [0.29, 0.717) is 10.9 Å². The zero-order valence-corrected chi connectivity index (χ0v) is 8.01. The molecule has 4 heteroatoms. The number of aromatic nitrogens is 1. The summed E-state index contributed by atoms with van der Waals surface area (Å²) in [5, 5.41) is 0.918. The van der Waals surface area contributed by atoms with Gasteiger partial charge in [-0.15, -0.1) is 0 Å². The smallest absolute Gasteiger partial charge is 0.228 e. The van der Waals surface area contributed by atoms with Crippen molar-refractivity contribution < 1.29 is 4.42 Å². The average molecular weight is 214 g/mol. The van der Waals surface area contributed by atoms with Crippen LogP contribution in [0, 0.1) is 0 Å². The van der Waals surface area contributed by atoms with Crippen molar-refractivity contribution in [2.24, 2.45) is 0 Å². The number of halogens is 2. The van der Waals surface area contributed by atoms with Gasteiger partial charge in [0.2, 0.25) is 11.1 Å². The lowest BCUT2D eigenvalue weighted by atomic mass is 10.2. The van der Waals surface area contributed by atoms with Gasteiger partial charge in [-0.3, -0.25) is 0 Å². The van der Waals surface area contributed by atoms with Crippen LogP contribution in [-0.2, 0) is 0 Å². The Morgan fingerprint density at radius 1 is 1.23 bits per heavy atom. The van der Waals surface area contributed by atoms with Gasteiger partial charge in [0.25, 0.3) is 0 Å². The molecule has 13 heavy (non-hydrogen) atoms. The Labute approximate surface area is 85.1 Å². The van der Waals surface area contributed by atoms with E-state index in [9.17, 15) is 0 Å². The van der Waals surface area contributed by atoms with Crippen molar-refractivity contribution >= 4 is 23.2 Å². The van der Waals surface area contributed by atoms with E-state index in [1.54, 1.807) is 12.1 Å². The summed E-state index contributed by atoms with van der Waals surface area (Å²) in [6.07, 6.45) is 1.46. The minimum atomic E-state index is 0.273. The Hall–Kier alpha value is -0.990. The van der Waals surface area contributed by atoms with Crippen molar-refractivity contribution in [2.45, 2.75) is 0 Å².